The SMILES string of the molecule is CC(c1ccc2scnc2c1)N1CCc2nc(-c3ccccc3)ncc2C1. The lowest BCUT2D eigenvalue weighted by Gasteiger charge is -2.33. The van der Waals surface area contributed by atoms with Crippen LogP contribution in [0.5, 0.6) is 0 Å². The molecule has 0 fully saturated rings. The summed E-state index contributed by atoms with van der Waals surface area (Å²) < 4.78 is 1.25. The van der Waals surface area contributed by atoms with Crippen LogP contribution < -0.4 is 0 Å². The lowest BCUT2D eigenvalue weighted by molar-refractivity contribution is 0.190. The van der Waals surface area contributed by atoms with Crippen LogP contribution in [0.1, 0.15) is 29.8 Å². The molecule has 3 heterocycles. The summed E-state index contributed by atoms with van der Waals surface area (Å²) in [7, 11) is 0. The van der Waals surface area contributed by atoms with Gasteiger partial charge in [0.15, 0.2) is 5.82 Å². The summed E-state index contributed by atoms with van der Waals surface area (Å²) in [4.78, 5) is 16.4. The molecule has 0 saturated heterocycles. The summed E-state index contributed by atoms with van der Waals surface area (Å²) >= 11 is 1.69. The molecule has 0 aliphatic carbocycles. The molecule has 2 aromatic carbocycles. The van der Waals surface area contributed by atoms with Gasteiger partial charge in [-0.1, -0.05) is 36.4 Å². The lowest BCUT2D eigenvalue weighted by Crippen LogP contribution is -2.33. The second-order valence-corrected chi connectivity index (χ2v) is 7.89. The molecule has 5 heteroatoms. The fourth-order valence-corrected chi connectivity index (χ4v) is 4.40. The Hall–Kier alpha value is -2.63. The lowest BCUT2D eigenvalue weighted by atomic mass is 10.0. The van der Waals surface area contributed by atoms with Crippen molar-refractivity contribution in [1.29, 1.82) is 0 Å². The van der Waals surface area contributed by atoms with Gasteiger partial charge in [0.25, 0.3) is 0 Å². The molecule has 2 aromatic heterocycles. The molecule has 0 radical (unpaired) electrons. The summed E-state index contributed by atoms with van der Waals surface area (Å²) in [6.07, 6.45) is 2.97. The zero-order valence-electron chi connectivity index (χ0n) is 15.2. The number of thiazole rings is 1. The van der Waals surface area contributed by atoms with E-state index in [2.05, 4.69) is 52.1 Å². The van der Waals surface area contributed by atoms with E-state index >= 15 is 0 Å². The standard InChI is InChI=1S/C22H20N4S/c1-15(17-7-8-21-20(11-17)24-14-27-21)26-10-9-19-18(13-26)12-23-22(25-19)16-5-3-2-4-6-16/h2-8,11-12,14-15H,9-10,13H2,1H3. The number of rotatable bonds is 3. The van der Waals surface area contributed by atoms with Crippen molar-refractivity contribution in [3.8, 4) is 11.4 Å². The third kappa shape index (κ3) is 3.13. The first kappa shape index (κ1) is 16.5. The van der Waals surface area contributed by atoms with Crippen molar-refractivity contribution in [2.75, 3.05) is 6.54 Å². The Morgan fingerprint density at radius 2 is 1.96 bits per heavy atom. The second-order valence-electron chi connectivity index (χ2n) is 7.01. The summed E-state index contributed by atoms with van der Waals surface area (Å²) in [6, 6.07) is 17.2. The Labute approximate surface area is 162 Å². The molecule has 1 atom stereocenters. The molecule has 134 valence electrons. The largest absolute Gasteiger partial charge is 0.292 e. The first-order valence-electron chi connectivity index (χ1n) is 9.25. The number of benzene rings is 2. The number of aromatic nitrogens is 3. The number of hydrogen-bond acceptors (Lipinski definition) is 5. The third-order valence-corrected chi connectivity index (χ3v) is 6.19. The Morgan fingerprint density at radius 1 is 1.07 bits per heavy atom. The minimum Gasteiger partial charge on any atom is -0.292 e. The Kier molecular flexibility index (Phi) is 4.19. The van der Waals surface area contributed by atoms with Crippen molar-refractivity contribution < 1.29 is 0 Å². The van der Waals surface area contributed by atoms with Gasteiger partial charge in [0, 0.05) is 42.9 Å². The van der Waals surface area contributed by atoms with Crippen molar-refractivity contribution in [1.82, 2.24) is 19.9 Å². The molecular formula is C22H20N4S. The normalized spacial score (nSPS) is 15.6. The maximum atomic E-state index is 4.84. The zero-order chi connectivity index (χ0) is 18.2. The minimum absolute atomic E-state index is 0.345. The summed E-state index contributed by atoms with van der Waals surface area (Å²) in [5, 5.41) is 0. The first-order chi connectivity index (χ1) is 13.3. The average Bonchev–Trinajstić information content (AvgIpc) is 3.21. The highest BCUT2D eigenvalue weighted by Crippen LogP contribution is 2.30. The summed E-state index contributed by atoms with van der Waals surface area (Å²) in [6.45, 7) is 4.17. The van der Waals surface area contributed by atoms with Crippen LogP contribution in [0.4, 0.5) is 0 Å². The Morgan fingerprint density at radius 3 is 2.85 bits per heavy atom. The fraction of sp³-hybridized carbons (Fsp3) is 0.227. The van der Waals surface area contributed by atoms with E-state index in [-0.39, 0.29) is 0 Å². The van der Waals surface area contributed by atoms with E-state index in [9.17, 15) is 0 Å². The smallest absolute Gasteiger partial charge is 0.159 e. The molecule has 1 aliphatic heterocycles. The van der Waals surface area contributed by atoms with Gasteiger partial charge in [0.2, 0.25) is 0 Å². The molecule has 27 heavy (non-hydrogen) atoms. The van der Waals surface area contributed by atoms with E-state index in [1.54, 1.807) is 11.3 Å². The van der Waals surface area contributed by atoms with E-state index in [4.69, 9.17) is 4.98 Å². The van der Waals surface area contributed by atoms with Gasteiger partial charge in [0.05, 0.1) is 21.4 Å². The van der Waals surface area contributed by atoms with Crippen LogP contribution in [0.3, 0.4) is 0 Å². The van der Waals surface area contributed by atoms with Crippen LogP contribution in [0.15, 0.2) is 60.2 Å². The van der Waals surface area contributed by atoms with Crippen molar-refractivity contribution in [2.24, 2.45) is 0 Å². The highest BCUT2D eigenvalue weighted by molar-refractivity contribution is 7.16. The molecule has 0 spiro atoms. The van der Waals surface area contributed by atoms with Crippen molar-refractivity contribution >= 4 is 21.6 Å². The number of hydrogen-bond donors (Lipinski definition) is 0. The molecule has 0 saturated carbocycles. The highest BCUT2D eigenvalue weighted by Gasteiger charge is 2.23. The number of nitrogens with zero attached hydrogens (tertiary/aromatic N) is 4. The summed E-state index contributed by atoms with van der Waals surface area (Å²) in [5.41, 5.74) is 7.83. The monoisotopic (exact) mass is 372 g/mol. The zero-order valence-corrected chi connectivity index (χ0v) is 16.0. The van der Waals surface area contributed by atoms with Crippen LogP contribution in [-0.4, -0.2) is 26.4 Å². The maximum absolute atomic E-state index is 4.84. The van der Waals surface area contributed by atoms with Crippen molar-refractivity contribution in [3.63, 3.8) is 0 Å². The van der Waals surface area contributed by atoms with Crippen molar-refractivity contribution in [3.05, 3.63) is 77.1 Å². The molecule has 0 N–H and O–H groups in total. The van der Waals surface area contributed by atoms with Crippen LogP contribution in [0.25, 0.3) is 21.6 Å². The van der Waals surface area contributed by atoms with E-state index in [1.807, 2.05) is 29.9 Å². The quantitative estimate of drug-likeness (QED) is 0.514. The van der Waals surface area contributed by atoms with Crippen LogP contribution >= 0.6 is 11.3 Å². The molecule has 5 rings (SSSR count). The minimum atomic E-state index is 0.345. The van der Waals surface area contributed by atoms with Gasteiger partial charge in [-0.15, -0.1) is 11.3 Å². The third-order valence-electron chi connectivity index (χ3n) is 5.38. The Bertz CT molecular complexity index is 1090. The van der Waals surface area contributed by atoms with Gasteiger partial charge in [-0.25, -0.2) is 15.0 Å². The summed E-state index contributed by atoms with van der Waals surface area (Å²) in [5.74, 6) is 0.824. The predicted octanol–water partition coefficient (Wildman–Crippen LogP) is 4.87. The topological polar surface area (TPSA) is 41.9 Å². The van der Waals surface area contributed by atoms with Crippen molar-refractivity contribution in [2.45, 2.75) is 25.9 Å². The van der Waals surface area contributed by atoms with Crippen LogP contribution in [-0.2, 0) is 13.0 Å². The fourth-order valence-electron chi connectivity index (χ4n) is 3.74. The molecular weight excluding hydrogens is 352 g/mol. The molecule has 4 nitrogen and oxygen atoms in total. The van der Waals surface area contributed by atoms with Gasteiger partial charge in [-0.3, -0.25) is 4.90 Å². The molecule has 1 aliphatic rings. The van der Waals surface area contributed by atoms with E-state index in [0.29, 0.717) is 6.04 Å². The maximum Gasteiger partial charge on any atom is 0.159 e. The van der Waals surface area contributed by atoms with Gasteiger partial charge < -0.3 is 0 Å². The van der Waals surface area contributed by atoms with Crippen LogP contribution in [0, 0.1) is 0 Å². The van der Waals surface area contributed by atoms with E-state index < -0.39 is 0 Å². The Balaban J connectivity index is 1.39. The average molecular weight is 372 g/mol. The predicted molar refractivity (Wildman–Crippen MR) is 110 cm³/mol. The molecule has 1 unspecified atom stereocenters. The number of fused-ring (bicyclic) bond motifs is 2. The van der Waals surface area contributed by atoms with Gasteiger partial charge in [-0.2, -0.15) is 0 Å². The first-order valence-corrected chi connectivity index (χ1v) is 10.1. The van der Waals surface area contributed by atoms with Crippen LogP contribution in [0.2, 0.25) is 0 Å². The highest BCUT2D eigenvalue weighted by atomic mass is 32.1. The van der Waals surface area contributed by atoms with Gasteiger partial charge >= 0.3 is 0 Å². The second kappa shape index (κ2) is 6.83. The molecule has 0 bridgehead atoms. The molecule has 0 amide bonds. The van der Waals surface area contributed by atoms with Gasteiger partial charge in [0.1, 0.15) is 0 Å². The van der Waals surface area contributed by atoms with E-state index in [0.717, 1.165) is 36.4 Å². The molecule has 4 aromatic rings. The van der Waals surface area contributed by atoms with E-state index in [1.165, 1.54) is 21.5 Å². The van der Waals surface area contributed by atoms with Gasteiger partial charge in [-0.05, 0) is 24.6 Å².